The Hall–Kier alpha value is -1.16. The summed E-state index contributed by atoms with van der Waals surface area (Å²) in [5, 5.41) is 3.59. The maximum Gasteiger partial charge on any atom is 0.226 e. The van der Waals surface area contributed by atoms with E-state index in [0.717, 1.165) is 36.3 Å². The SMILES string of the molecule is Cc1cc(C)nc(N2CCC[C@@H]3[C@@H](C)NC[C@@H]32)n1. The van der Waals surface area contributed by atoms with Crippen LogP contribution in [-0.4, -0.2) is 35.1 Å². The normalized spacial score (nSPS) is 31.5. The van der Waals surface area contributed by atoms with Crippen molar-refractivity contribution in [2.45, 2.75) is 45.7 Å². The quantitative estimate of drug-likeness (QED) is 0.818. The van der Waals surface area contributed by atoms with E-state index in [1.807, 2.05) is 6.07 Å². The Morgan fingerprint density at radius 1 is 1.28 bits per heavy atom. The fourth-order valence-corrected chi connectivity index (χ4v) is 3.47. The minimum atomic E-state index is 0.579. The van der Waals surface area contributed by atoms with Crippen LogP contribution >= 0.6 is 0 Å². The van der Waals surface area contributed by atoms with Gasteiger partial charge in [0.25, 0.3) is 0 Å². The molecule has 18 heavy (non-hydrogen) atoms. The summed E-state index contributed by atoms with van der Waals surface area (Å²) in [4.78, 5) is 11.7. The summed E-state index contributed by atoms with van der Waals surface area (Å²) in [6, 6.07) is 3.25. The van der Waals surface area contributed by atoms with Crippen LogP contribution in [0.1, 0.15) is 31.2 Å². The zero-order valence-corrected chi connectivity index (χ0v) is 11.5. The molecule has 2 fully saturated rings. The number of nitrogens with zero attached hydrogens (tertiary/aromatic N) is 3. The lowest BCUT2D eigenvalue weighted by molar-refractivity contribution is 0.341. The Morgan fingerprint density at radius 2 is 2.00 bits per heavy atom. The molecule has 0 aliphatic carbocycles. The van der Waals surface area contributed by atoms with Gasteiger partial charge in [-0.25, -0.2) is 9.97 Å². The molecule has 3 atom stereocenters. The van der Waals surface area contributed by atoms with Crippen molar-refractivity contribution >= 4 is 5.95 Å². The molecular formula is C14H22N4. The Morgan fingerprint density at radius 3 is 2.72 bits per heavy atom. The molecule has 2 aliphatic rings. The second kappa shape index (κ2) is 4.50. The number of aromatic nitrogens is 2. The standard InChI is InChI=1S/C14H22N4/c1-9-7-10(2)17-14(16-9)18-6-4-5-12-11(3)15-8-13(12)18/h7,11-13,15H,4-6,8H2,1-3H3/t11-,12-,13+/m1/s1. The maximum absolute atomic E-state index is 4.63. The van der Waals surface area contributed by atoms with E-state index >= 15 is 0 Å². The van der Waals surface area contributed by atoms with Gasteiger partial charge in [-0.2, -0.15) is 0 Å². The first-order chi connectivity index (χ1) is 8.65. The number of fused-ring (bicyclic) bond motifs is 1. The molecule has 0 aromatic carbocycles. The van der Waals surface area contributed by atoms with Gasteiger partial charge in [0.1, 0.15) is 0 Å². The Balaban J connectivity index is 1.91. The molecule has 0 saturated carbocycles. The van der Waals surface area contributed by atoms with Gasteiger partial charge in [0.2, 0.25) is 5.95 Å². The van der Waals surface area contributed by atoms with Gasteiger partial charge < -0.3 is 10.2 Å². The van der Waals surface area contributed by atoms with E-state index in [0.29, 0.717) is 12.1 Å². The average Bonchev–Trinajstić information content (AvgIpc) is 2.70. The van der Waals surface area contributed by atoms with Crippen molar-refractivity contribution in [2.75, 3.05) is 18.0 Å². The van der Waals surface area contributed by atoms with Crippen LogP contribution < -0.4 is 10.2 Å². The van der Waals surface area contributed by atoms with Crippen molar-refractivity contribution in [3.05, 3.63) is 17.5 Å². The van der Waals surface area contributed by atoms with Crippen molar-refractivity contribution in [1.82, 2.24) is 15.3 Å². The number of aryl methyl sites for hydroxylation is 2. The van der Waals surface area contributed by atoms with Crippen molar-refractivity contribution in [2.24, 2.45) is 5.92 Å². The van der Waals surface area contributed by atoms with Crippen LogP contribution in [0.3, 0.4) is 0 Å². The highest BCUT2D eigenvalue weighted by atomic mass is 15.3. The molecule has 0 radical (unpaired) electrons. The molecule has 3 heterocycles. The van der Waals surface area contributed by atoms with E-state index in [9.17, 15) is 0 Å². The van der Waals surface area contributed by atoms with Gasteiger partial charge >= 0.3 is 0 Å². The van der Waals surface area contributed by atoms with Crippen LogP contribution in [-0.2, 0) is 0 Å². The van der Waals surface area contributed by atoms with Gasteiger partial charge in [-0.3, -0.25) is 0 Å². The molecule has 1 N–H and O–H groups in total. The highest BCUT2D eigenvalue weighted by Gasteiger charge is 2.40. The first-order valence-corrected chi connectivity index (χ1v) is 6.97. The zero-order valence-electron chi connectivity index (χ0n) is 11.5. The van der Waals surface area contributed by atoms with E-state index in [1.54, 1.807) is 0 Å². The highest BCUT2D eigenvalue weighted by Crippen LogP contribution is 2.32. The monoisotopic (exact) mass is 246 g/mol. The van der Waals surface area contributed by atoms with Gasteiger partial charge in [-0.05, 0) is 45.6 Å². The number of nitrogens with one attached hydrogen (secondary N) is 1. The molecule has 0 amide bonds. The van der Waals surface area contributed by atoms with E-state index in [4.69, 9.17) is 0 Å². The van der Waals surface area contributed by atoms with Crippen molar-refractivity contribution in [3.63, 3.8) is 0 Å². The van der Waals surface area contributed by atoms with Gasteiger partial charge in [0, 0.05) is 36.6 Å². The van der Waals surface area contributed by atoms with Crippen LogP contribution in [0, 0.1) is 19.8 Å². The molecular weight excluding hydrogens is 224 g/mol. The van der Waals surface area contributed by atoms with Crippen LogP contribution in [0.15, 0.2) is 6.07 Å². The van der Waals surface area contributed by atoms with Crippen LogP contribution in [0.25, 0.3) is 0 Å². The van der Waals surface area contributed by atoms with E-state index in [2.05, 4.69) is 41.0 Å². The first-order valence-electron chi connectivity index (χ1n) is 6.97. The van der Waals surface area contributed by atoms with Gasteiger partial charge in [-0.1, -0.05) is 0 Å². The summed E-state index contributed by atoms with van der Waals surface area (Å²) >= 11 is 0. The second-order valence-corrected chi connectivity index (χ2v) is 5.71. The molecule has 2 aliphatic heterocycles. The minimum absolute atomic E-state index is 0.579. The third-order valence-corrected chi connectivity index (χ3v) is 4.35. The summed E-state index contributed by atoms with van der Waals surface area (Å²) in [5.74, 6) is 1.68. The van der Waals surface area contributed by atoms with Crippen LogP contribution in [0.4, 0.5) is 5.95 Å². The maximum atomic E-state index is 4.63. The Bertz CT molecular complexity index is 425. The Kier molecular flexibility index (Phi) is 2.98. The number of anilines is 1. The van der Waals surface area contributed by atoms with Crippen LogP contribution in [0.5, 0.6) is 0 Å². The predicted octanol–water partition coefficient (Wildman–Crippen LogP) is 1.67. The number of piperidine rings is 1. The smallest absolute Gasteiger partial charge is 0.226 e. The third kappa shape index (κ3) is 1.99. The summed E-state index contributed by atoms with van der Waals surface area (Å²) in [7, 11) is 0. The van der Waals surface area contributed by atoms with Crippen molar-refractivity contribution < 1.29 is 0 Å². The minimum Gasteiger partial charge on any atom is -0.336 e. The highest BCUT2D eigenvalue weighted by molar-refractivity contribution is 5.36. The van der Waals surface area contributed by atoms with Gasteiger partial charge in [-0.15, -0.1) is 0 Å². The molecule has 98 valence electrons. The lowest BCUT2D eigenvalue weighted by Crippen LogP contribution is -2.46. The topological polar surface area (TPSA) is 41.1 Å². The summed E-state index contributed by atoms with van der Waals surface area (Å²) < 4.78 is 0. The molecule has 0 bridgehead atoms. The molecule has 4 heteroatoms. The largest absolute Gasteiger partial charge is 0.336 e. The third-order valence-electron chi connectivity index (χ3n) is 4.35. The number of rotatable bonds is 1. The predicted molar refractivity (Wildman–Crippen MR) is 72.8 cm³/mol. The van der Waals surface area contributed by atoms with Gasteiger partial charge in [0.05, 0.1) is 0 Å². The number of hydrogen-bond donors (Lipinski definition) is 1. The molecule has 0 unspecified atom stereocenters. The fourth-order valence-electron chi connectivity index (χ4n) is 3.47. The summed E-state index contributed by atoms with van der Waals surface area (Å²) in [6.07, 6.45) is 2.59. The average molecular weight is 246 g/mol. The summed E-state index contributed by atoms with van der Waals surface area (Å²) in [6.45, 7) is 8.57. The fraction of sp³-hybridized carbons (Fsp3) is 0.714. The van der Waals surface area contributed by atoms with Gasteiger partial charge in [0.15, 0.2) is 0 Å². The molecule has 3 rings (SSSR count). The van der Waals surface area contributed by atoms with Crippen molar-refractivity contribution in [3.8, 4) is 0 Å². The van der Waals surface area contributed by atoms with E-state index in [-0.39, 0.29) is 0 Å². The first kappa shape index (κ1) is 11.9. The summed E-state index contributed by atoms with van der Waals surface area (Å²) in [5.41, 5.74) is 2.14. The molecule has 4 nitrogen and oxygen atoms in total. The van der Waals surface area contributed by atoms with Crippen molar-refractivity contribution in [1.29, 1.82) is 0 Å². The van der Waals surface area contributed by atoms with E-state index < -0.39 is 0 Å². The molecule has 1 aromatic heterocycles. The second-order valence-electron chi connectivity index (χ2n) is 5.71. The molecule has 1 aromatic rings. The zero-order chi connectivity index (χ0) is 12.7. The molecule has 0 spiro atoms. The number of hydrogen-bond acceptors (Lipinski definition) is 4. The molecule has 2 saturated heterocycles. The lowest BCUT2D eigenvalue weighted by atomic mass is 9.88. The Labute approximate surface area is 109 Å². The lowest BCUT2D eigenvalue weighted by Gasteiger charge is -2.38. The van der Waals surface area contributed by atoms with Crippen LogP contribution in [0.2, 0.25) is 0 Å². The van der Waals surface area contributed by atoms with E-state index in [1.165, 1.54) is 12.8 Å².